The summed E-state index contributed by atoms with van der Waals surface area (Å²) < 4.78 is 0. The molecule has 5 heteroatoms. The number of nitrogens with zero attached hydrogens (tertiary/aromatic N) is 1. The molecular weight excluding hydrogens is 324 g/mol. The molecule has 0 aliphatic carbocycles. The van der Waals surface area contributed by atoms with Crippen LogP contribution in [0.3, 0.4) is 0 Å². The maximum atomic E-state index is 12.7. The monoisotopic (exact) mass is 340 g/mol. The van der Waals surface area contributed by atoms with Crippen molar-refractivity contribution in [3.05, 3.63) is 82.1 Å². The molecule has 1 aliphatic heterocycles. The number of carbonyl (C=O) groups is 1. The number of hydrogen-bond acceptors (Lipinski definition) is 3. The summed E-state index contributed by atoms with van der Waals surface area (Å²) in [5.74, 6) is -0.403. The molecule has 0 saturated carbocycles. The topological polar surface area (TPSA) is 64.4 Å². The standard InChI is InChI=1S/C19H17ClN2O2/c1-22-15(12-5-3-2-4-6-12)11-16(23)17(19(22)24)18(21)13-7-9-14(20)10-8-13/h2-10,15,21,23H,11H2,1H3. The van der Waals surface area contributed by atoms with Gasteiger partial charge in [-0.3, -0.25) is 10.2 Å². The first-order valence-electron chi connectivity index (χ1n) is 7.58. The van der Waals surface area contributed by atoms with Gasteiger partial charge in [0, 0.05) is 24.1 Å². The van der Waals surface area contributed by atoms with Crippen molar-refractivity contribution >= 4 is 23.2 Å². The van der Waals surface area contributed by atoms with Crippen LogP contribution in [-0.4, -0.2) is 28.7 Å². The van der Waals surface area contributed by atoms with Gasteiger partial charge in [-0.25, -0.2) is 0 Å². The fourth-order valence-electron chi connectivity index (χ4n) is 2.89. The van der Waals surface area contributed by atoms with Crippen molar-refractivity contribution in [1.29, 1.82) is 5.41 Å². The first-order valence-corrected chi connectivity index (χ1v) is 7.96. The minimum absolute atomic E-state index is 0.00697. The molecule has 2 aromatic rings. The predicted octanol–water partition coefficient (Wildman–Crippen LogP) is 4.12. The van der Waals surface area contributed by atoms with Crippen molar-refractivity contribution in [2.24, 2.45) is 0 Å². The van der Waals surface area contributed by atoms with Gasteiger partial charge in [-0.15, -0.1) is 0 Å². The molecule has 1 unspecified atom stereocenters. The summed E-state index contributed by atoms with van der Waals surface area (Å²) in [4.78, 5) is 14.3. The van der Waals surface area contributed by atoms with Crippen LogP contribution in [0.1, 0.15) is 23.6 Å². The molecule has 0 saturated heterocycles. The predicted molar refractivity (Wildman–Crippen MR) is 94.5 cm³/mol. The van der Waals surface area contributed by atoms with Gasteiger partial charge >= 0.3 is 0 Å². The van der Waals surface area contributed by atoms with Gasteiger partial charge in [0.15, 0.2) is 0 Å². The van der Waals surface area contributed by atoms with E-state index in [1.54, 1.807) is 36.2 Å². The number of aliphatic hydroxyl groups excluding tert-OH is 1. The smallest absolute Gasteiger partial charge is 0.259 e. The Labute approximate surface area is 145 Å². The average molecular weight is 341 g/mol. The van der Waals surface area contributed by atoms with Crippen molar-refractivity contribution in [3.63, 3.8) is 0 Å². The van der Waals surface area contributed by atoms with Crippen molar-refractivity contribution in [3.8, 4) is 0 Å². The fraction of sp³-hybridized carbons (Fsp3) is 0.158. The number of rotatable bonds is 3. The average Bonchev–Trinajstić information content (AvgIpc) is 2.59. The molecule has 1 amide bonds. The molecule has 0 radical (unpaired) electrons. The van der Waals surface area contributed by atoms with Crippen LogP contribution in [0.2, 0.25) is 5.02 Å². The lowest BCUT2D eigenvalue weighted by Crippen LogP contribution is -2.39. The Balaban J connectivity index is 1.96. The Morgan fingerprint density at radius 3 is 2.42 bits per heavy atom. The van der Waals surface area contributed by atoms with Crippen LogP contribution in [-0.2, 0) is 4.79 Å². The third-order valence-electron chi connectivity index (χ3n) is 4.24. The highest BCUT2D eigenvalue weighted by atomic mass is 35.5. The molecule has 0 bridgehead atoms. The van der Waals surface area contributed by atoms with Gasteiger partial charge in [-0.2, -0.15) is 0 Å². The van der Waals surface area contributed by atoms with Crippen LogP contribution in [0.4, 0.5) is 0 Å². The highest BCUT2D eigenvalue weighted by molar-refractivity contribution is 6.31. The number of likely N-dealkylation sites (N-methyl/N-ethyl adjacent to an activating group) is 1. The lowest BCUT2D eigenvalue weighted by molar-refractivity contribution is -0.128. The lowest BCUT2D eigenvalue weighted by Gasteiger charge is -2.34. The number of carbonyl (C=O) groups excluding carboxylic acids is 1. The molecule has 24 heavy (non-hydrogen) atoms. The first kappa shape index (κ1) is 16.3. The van der Waals surface area contributed by atoms with E-state index < -0.39 is 0 Å². The van der Waals surface area contributed by atoms with E-state index in [-0.39, 0.29) is 35.4 Å². The van der Waals surface area contributed by atoms with Crippen molar-refractivity contribution < 1.29 is 9.90 Å². The summed E-state index contributed by atoms with van der Waals surface area (Å²) in [5, 5.41) is 19.3. The van der Waals surface area contributed by atoms with E-state index in [1.165, 1.54) is 0 Å². The Bertz CT molecular complexity index is 813. The quantitative estimate of drug-likeness (QED) is 0.825. The Kier molecular flexibility index (Phi) is 4.40. The molecule has 2 N–H and O–H groups in total. The second kappa shape index (κ2) is 6.49. The third-order valence-corrected chi connectivity index (χ3v) is 4.50. The third kappa shape index (κ3) is 2.93. The SMILES string of the molecule is CN1C(=O)C(C(=N)c2ccc(Cl)cc2)=C(O)CC1c1ccccc1. The maximum Gasteiger partial charge on any atom is 0.259 e. The van der Waals surface area contributed by atoms with Crippen LogP contribution in [0, 0.1) is 5.41 Å². The van der Waals surface area contributed by atoms with Gasteiger partial charge in [0.05, 0.1) is 11.8 Å². The normalized spacial score (nSPS) is 18.0. The van der Waals surface area contributed by atoms with Crippen LogP contribution < -0.4 is 0 Å². The van der Waals surface area contributed by atoms with Gasteiger partial charge in [-0.05, 0) is 17.7 Å². The van der Waals surface area contributed by atoms with E-state index in [2.05, 4.69) is 0 Å². The summed E-state index contributed by atoms with van der Waals surface area (Å²) in [7, 11) is 1.70. The summed E-state index contributed by atoms with van der Waals surface area (Å²) in [6.07, 6.45) is 0.289. The van der Waals surface area contributed by atoms with Crippen molar-refractivity contribution in [2.75, 3.05) is 7.05 Å². The summed E-state index contributed by atoms with van der Waals surface area (Å²) in [6.45, 7) is 0. The number of nitrogens with one attached hydrogen (secondary N) is 1. The fourth-order valence-corrected chi connectivity index (χ4v) is 3.02. The number of hydrogen-bond donors (Lipinski definition) is 2. The zero-order chi connectivity index (χ0) is 17.3. The van der Waals surface area contributed by atoms with E-state index in [1.807, 2.05) is 30.3 Å². The minimum Gasteiger partial charge on any atom is -0.511 e. The van der Waals surface area contributed by atoms with E-state index >= 15 is 0 Å². The van der Waals surface area contributed by atoms with Crippen molar-refractivity contribution in [1.82, 2.24) is 4.90 Å². The first-order chi connectivity index (χ1) is 11.5. The Morgan fingerprint density at radius 1 is 1.17 bits per heavy atom. The van der Waals surface area contributed by atoms with Crippen LogP contribution >= 0.6 is 11.6 Å². The van der Waals surface area contributed by atoms with Gasteiger partial charge in [-0.1, -0.05) is 54.1 Å². The number of amides is 1. The highest BCUT2D eigenvalue weighted by Crippen LogP contribution is 2.33. The van der Waals surface area contributed by atoms with Gasteiger partial charge in [0.2, 0.25) is 0 Å². The Hall–Kier alpha value is -2.59. The van der Waals surface area contributed by atoms with Crippen LogP contribution in [0.25, 0.3) is 0 Å². The Morgan fingerprint density at radius 2 is 1.79 bits per heavy atom. The second-order valence-corrected chi connectivity index (χ2v) is 6.19. The summed E-state index contributed by atoms with van der Waals surface area (Å²) in [6, 6.07) is 16.0. The maximum absolute atomic E-state index is 12.7. The number of benzene rings is 2. The van der Waals surface area contributed by atoms with Crippen molar-refractivity contribution in [2.45, 2.75) is 12.5 Å². The molecule has 0 aromatic heterocycles. The molecule has 1 heterocycles. The molecule has 0 spiro atoms. The molecule has 4 nitrogen and oxygen atoms in total. The molecule has 3 rings (SSSR count). The molecule has 1 aliphatic rings. The van der Waals surface area contributed by atoms with Gasteiger partial charge < -0.3 is 10.0 Å². The molecule has 2 aromatic carbocycles. The number of halogens is 1. The molecule has 1 atom stereocenters. The summed E-state index contributed by atoms with van der Waals surface area (Å²) in [5.41, 5.74) is 1.55. The van der Waals surface area contributed by atoms with E-state index in [0.717, 1.165) is 5.56 Å². The van der Waals surface area contributed by atoms with E-state index in [9.17, 15) is 9.90 Å². The molecular formula is C19H17ClN2O2. The zero-order valence-electron chi connectivity index (χ0n) is 13.2. The van der Waals surface area contributed by atoms with Crippen LogP contribution in [0.15, 0.2) is 65.9 Å². The second-order valence-electron chi connectivity index (χ2n) is 5.75. The van der Waals surface area contributed by atoms with E-state index in [4.69, 9.17) is 17.0 Å². The molecule has 0 fully saturated rings. The molecule has 122 valence electrons. The van der Waals surface area contributed by atoms with Gasteiger partial charge in [0.1, 0.15) is 11.3 Å². The summed E-state index contributed by atoms with van der Waals surface area (Å²) >= 11 is 5.86. The lowest BCUT2D eigenvalue weighted by atomic mass is 9.90. The minimum atomic E-state index is -0.354. The van der Waals surface area contributed by atoms with Gasteiger partial charge in [0.25, 0.3) is 5.91 Å². The van der Waals surface area contributed by atoms with Crippen LogP contribution in [0.5, 0.6) is 0 Å². The largest absolute Gasteiger partial charge is 0.511 e. The number of aliphatic hydroxyl groups is 1. The van der Waals surface area contributed by atoms with E-state index in [0.29, 0.717) is 10.6 Å². The zero-order valence-corrected chi connectivity index (χ0v) is 13.9. The highest BCUT2D eigenvalue weighted by Gasteiger charge is 2.35.